The molecule has 41 heavy (non-hydrogen) atoms. The Labute approximate surface area is 235 Å². The molecule has 216 valence electrons. The van der Waals surface area contributed by atoms with Gasteiger partial charge in [0.15, 0.2) is 17.2 Å². The Hall–Kier alpha value is -4.42. The highest BCUT2D eigenvalue weighted by Crippen LogP contribution is 2.52. The molecule has 12 heteroatoms. The minimum atomic E-state index is -2.59. The SMILES string of the molecule is CN(C)c1cc(CNC(=O)Oc2ccccc2)c(O)c2c1C[C@H]1C[C@H]3CC(O)C(C(N)=O)C(=O)[C@@]3(O)C(O)=C1C2=O. The maximum atomic E-state index is 13.9. The van der Waals surface area contributed by atoms with Crippen LogP contribution < -0.4 is 20.7 Å². The van der Waals surface area contributed by atoms with Gasteiger partial charge in [-0.1, -0.05) is 18.2 Å². The summed E-state index contributed by atoms with van der Waals surface area (Å²) in [5.41, 5.74) is 3.63. The van der Waals surface area contributed by atoms with Gasteiger partial charge in [-0.25, -0.2) is 4.79 Å². The molecule has 0 bridgehead atoms. The number of Topliss-reactive ketones (excluding diaryl/α,β-unsaturated/α-hetero) is 2. The van der Waals surface area contributed by atoms with E-state index in [1.54, 1.807) is 55.4 Å². The number of primary amides is 1. The molecule has 0 aliphatic heterocycles. The number of nitrogens with two attached hydrogens (primary N) is 1. The van der Waals surface area contributed by atoms with Gasteiger partial charge in [-0.3, -0.25) is 14.4 Å². The van der Waals surface area contributed by atoms with Crippen LogP contribution in [0.5, 0.6) is 11.5 Å². The van der Waals surface area contributed by atoms with Crippen molar-refractivity contribution in [3.05, 3.63) is 64.4 Å². The van der Waals surface area contributed by atoms with E-state index in [0.717, 1.165) is 0 Å². The number of allylic oxidation sites excluding steroid dienone is 1. The molecule has 1 saturated carbocycles. The van der Waals surface area contributed by atoms with Crippen molar-refractivity contribution in [1.29, 1.82) is 0 Å². The lowest BCUT2D eigenvalue weighted by molar-refractivity contribution is -0.167. The van der Waals surface area contributed by atoms with Crippen LogP contribution in [0, 0.1) is 17.8 Å². The number of para-hydroxylation sites is 1. The van der Waals surface area contributed by atoms with E-state index < -0.39 is 64.5 Å². The third kappa shape index (κ3) is 4.49. The number of aliphatic hydroxyl groups is 3. The van der Waals surface area contributed by atoms with Gasteiger partial charge in [0.05, 0.1) is 11.7 Å². The number of ketones is 2. The van der Waals surface area contributed by atoms with E-state index in [4.69, 9.17) is 10.5 Å². The fourth-order valence-electron chi connectivity index (χ4n) is 6.36. The molecule has 0 radical (unpaired) electrons. The van der Waals surface area contributed by atoms with Crippen LogP contribution in [-0.2, 0) is 22.6 Å². The second kappa shape index (κ2) is 10.2. The number of phenols is 1. The van der Waals surface area contributed by atoms with Crippen molar-refractivity contribution in [3.8, 4) is 11.5 Å². The van der Waals surface area contributed by atoms with Crippen LogP contribution in [0.15, 0.2) is 47.7 Å². The Morgan fingerprint density at radius 2 is 1.83 bits per heavy atom. The van der Waals surface area contributed by atoms with Crippen molar-refractivity contribution >= 4 is 29.3 Å². The third-order valence-electron chi connectivity index (χ3n) is 8.30. The molecule has 5 atom stereocenters. The molecule has 0 spiro atoms. The lowest BCUT2D eigenvalue weighted by Gasteiger charge is -2.48. The zero-order chi connectivity index (χ0) is 29.8. The molecule has 0 saturated heterocycles. The van der Waals surface area contributed by atoms with Crippen LogP contribution in [0.4, 0.5) is 10.5 Å². The normalized spacial score (nSPS) is 26.9. The van der Waals surface area contributed by atoms with Gasteiger partial charge in [-0.2, -0.15) is 0 Å². The fraction of sp³-hybridized carbons (Fsp3) is 0.379. The van der Waals surface area contributed by atoms with Gasteiger partial charge >= 0.3 is 6.09 Å². The monoisotopic (exact) mass is 565 g/mol. The van der Waals surface area contributed by atoms with E-state index in [2.05, 4.69) is 5.32 Å². The number of aromatic hydroxyl groups is 1. The van der Waals surface area contributed by atoms with Crippen molar-refractivity contribution in [2.24, 2.45) is 23.5 Å². The summed E-state index contributed by atoms with van der Waals surface area (Å²) in [4.78, 5) is 53.1. The zero-order valence-electron chi connectivity index (χ0n) is 22.5. The summed E-state index contributed by atoms with van der Waals surface area (Å²) in [6.07, 6.45) is -2.15. The van der Waals surface area contributed by atoms with Gasteiger partial charge in [0.2, 0.25) is 5.91 Å². The molecule has 2 unspecified atom stereocenters. The number of fused-ring (bicyclic) bond motifs is 3. The topological polar surface area (TPSA) is 200 Å². The second-order valence-electron chi connectivity index (χ2n) is 10.9. The highest BCUT2D eigenvalue weighted by molar-refractivity contribution is 6.16. The Balaban J connectivity index is 1.53. The van der Waals surface area contributed by atoms with Crippen LogP contribution in [-0.4, -0.2) is 69.8 Å². The number of rotatable bonds is 5. The van der Waals surface area contributed by atoms with E-state index in [0.29, 0.717) is 17.0 Å². The van der Waals surface area contributed by atoms with Crippen LogP contribution in [0.2, 0.25) is 0 Å². The lowest BCUT2D eigenvalue weighted by atomic mass is 9.57. The first kappa shape index (κ1) is 28.1. The van der Waals surface area contributed by atoms with Gasteiger partial charge in [0.25, 0.3) is 0 Å². The summed E-state index contributed by atoms with van der Waals surface area (Å²) in [5, 5.41) is 46.9. The summed E-state index contributed by atoms with van der Waals surface area (Å²) in [6, 6.07) is 10.0. The maximum absolute atomic E-state index is 13.9. The summed E-state index contributed by atoms with van der Waals surface area (Å²) in [7, 11) is 3.50. The molecular formula is C29H31N3O9. The van der Waals surface area contributed by atoms with Crippen LogP contribution >= 0.6 is 0 Å². The van der Waals surface area contributed by atoms with Gasteiger partial charge in [0, 0.05) is 43.4 Å². The van der Waals surface area contributed by atoms with Crippen molar-refractivity contribution in [1.82, 2.24) is 5.32 Å². The van der Waals surface area contributed by atoms with Gasteiger partial charge in [-0.05, 0) is 48.9 Å². The Kier molecular flexibility index (Phi) is 7.00. The van der Waals surface area contributed by atoms with Crippen molar-refractivity contribution in [2.75, 3.05) is 19.0 Å². The predicted molar refractivity (Wildman–Crippen MR) is 144 cm³/mol. The minimum Gasteiger partial charge on any atom is -0.508 e. The number of phenolic OH excluding ortho intramolecular Hbond substituents is 1. The Morgan fingerprint density at radius 1 is 1.15 bits per heavy atom. The average molecular weight is 566 g/mol. The number of nitrogens with zero attached hydrogens (tertiary/aromatic N) is 1. The number of aliphatic hydroxyl groups excluding tert-OH is 2. The maximum Gasteiger partial charge on any atom is 0.412 e. The van der Waals surface area contributed by atoms with Gasteiger partial charge in [0.1, 0.15) is 23.2 Å². The molecule has 7 N–H and O–H groups in total. The van der Waals surface area contributed by atoms with Gasteiger partial charge in [-0.15, -0.1) is 0 Å². The molecular weight excluding hydrogens is 534 g/mol. The highest BCUT2D eigenvalue weighted by Gasteiger charge is 2.62. The smallest absolute Gasteiger partial charge is 0.412 e. The summed E-state index contributed by atoms with van der Waals surface area (Å²) < 4.78 is 5.22. The average Bonchev–Trinajstić information content (AvgIpc) is 2.90. The summed E-state index contributed by atoms with van der Waals surface area (Å²) in [6.45, 7) is -0.198. The van der Waals surface area contributed by atoms with Crippen LogP contribution in [0.1, 0.15) is 34.3 Å². The molecule has 5 rings (SSSR count). The lowest BCUT2D eigenvalue weighted by Crippen LogP contribution is -2.63. The molecule has 12 nitrogen and oxygen atoms in total. The van der Waals surface area contributed by atoms with E-state index in [9.17, 15) is 39.6 Å². The standard InChI is InChI=1S/C29H31N3O9/c1-32(2)18-10-14(12-31-28(39)41-16-6-4-3-5-7-16)23(34)21-17(18)9-13-8-15-11-19(33)22(27(30)38)26(37)29(15,40)25(36)20(13)24(21)35/h3-7,10,13,15,19,22,33-34,36,40H,8-9,11-12H2,1-2H3,(H2,30,38)(H,31,39)/t13-,15+,19?,22?,29+/m1/s1. The van der Waals surface area contributed by atoms with E-state index >= 15 is 0 Å². The Morgan fingerprint density at radius 3 is 2.46 bits per heavy atom. The minimum absolute atomic E-state index is 0.0671. The molecule has 0 heterocycles. The number of carbonyl (C=O) groups is 4. The molecule has 2 aromatic rings. The number of benzene rings is 2. The Bertz CT molecular complexity index is 1490. The summed E-state index contributed by atoms with van der Waals surface area (Å²) >= 11 is 0. The molecule has 3 aliphatic carbocycles. The molecule has 1 fully saturated rings. The van der Waals surface area contributed by atoms with Crippen LogP contribution in [0.25, 0.3) is 0 Å². The molecule has 2 amide bonds. The summed E-state index contributed by atoms with van der Waals surface area (Å²) in [5.74, 6) is -7.44. The van der Waals surface area contributed by atoms with E-state index in [-0.39, 0.29) is 42.5 Å². The number of carbonyl (C=O) groups excluding carboxylic acids is 4. The first-order valence-electron chi connectivity index (χ1n) is 13.1. The van der Waals surface area contributed by atoms with Crippen molar-refractivity contribution in [2.45, 2.75) is 37.5 Å². The molecule has 3 aliphatic rings. The number of nitrogens with one attached hydrogen (secondary N) is 1. The number of anilines is 1. The predicted octanol–water partition coefficient (Wildman–Crippen LogP) is 1.10. The number of hydrogen-bond donors (Lipinski definition) is 6. The van der Waals surface area contributed by atoms with Gasteiger partial charge < -0.3 is 41.1 Å². The van der Waals surface area contributed by atoms with Crippen LogP contribution in [0.3, 0.4) is 0 Å². The highest BCUT2D eigenvalue weighted by atomic mass is 16.6. The number of ether oxygens (including phenoxy) is 1. The number of amides is 2. The largest absolute Gasteiger partial charge is 0.508 e. The molecule has 2 aromatic carbocycles. The second-order valence-corrected chi connectivity index (χ2v) is 10.9. The molecule has 0 aromatic heterocycles. The van der Waals surface area contributed by atoms with Crippen molar-refractivity contribution in [3.63, 3.8) is 0 Å². The zero-order valence-corrected chi connectivity index (χ0v) is 22.5. The van der Waals surface area contributed by atoms with E-state index in [1.165, 1.54) is 0 Å². The fourth-order valence-corrected chi connectivity index (χ4v) is 6.36. The van der Waals surface area contributed by atoms with Crippen molar-refractivity contribution < 1.29 is 44.3 Å². The first-order valence-corrected chi connectivity index (χ1v) is 13.1. The third-order valence-corrected chi connectivity index (χ3v) is 8.30. The number of hydrogen-bond acceptors (Lipinski definition) is 10. The van der Waals surface area contributed by atoms with E-state index in [1.807, 2.05) is 0 Å². The quantitative estimate of drug-likeness (QED) is 0.285. The first-order chi connectivity index (χ1) is 19.4.